The molecular formula is C26H33N5O2. The number of aromatic nitrogens is 3. The number of amides is 2. The summed E-state index contributed by atoms with van der Waals surface area (Å²) in [5.74, 6) is -0.229. The van der Waals surface area contributed by atoms with E-state index in [1.807, 2.05) is 54.6 Å². The molecule has 0 saturated heterocycles. The van der Waals surface area contributed by atoms with Gasteiger partial charge in [-0.15, -0.1) is 5.10 Å². The van der Waals surface area contributed by atoms with E-state index >= 15 is 0 Å². The van der Waals surface area contributed by atoms with Crippen LogP contribution in [0.2, 0.25) is 0 Å². The van der Waals surface area contributed by atoms with Crippen LogP contribution in [0, 0.1) is 0 Å². The second-order valence-corrected chi connectivity index (χ2v) is 8.83. The van der Waals surface area contributed by atoms with Crippen LogP contribution in [0.1, 0.15) is 63.5 Å². The number of unbranched alkanes of at least 4 members (excludes halogenated alkanes) is 1. The van der Waals surface area contributed by atoms with Gasteiger partial charge in [-0.2, -0.15) is 0 Å². The van der Waals surface area contributed by atoms with Gasteiger partial charge in [0.25, 0.3) is 0 Å². The first-order valence-electron chi connectivity index (χ1n) is 12.1. The highest BCUT2D eigenvalue weighted by atomic mass is 16.2. The van der Waals surface area contributed by atoms with Crippen LogP contribution >= 0.6 is 0 Å². The van der Waals surface area contributed by atoms with Crippen LogP contribution in [0.25, 0.3) is 11.0 Å². The number of hydrogen-bond donors (Lipinski definition) is 1. The van der Waals surface area contributed by atoms with Crippen molar-refractivity contribution in [1.29, 1.82) is 0 Å². The molecule has 3 aromatic rings. The summed E-state index contributed by atoms with van der Waals surface area (Å²) in [6.45, 7) is 2.65. The van der Waals surface area contributed by atoms with Crippen LogP contribution in [0.15, 0.2) is 54.6 Å². The Hall–Kier alpha value is -3.22. The van der Waals surface area contributed by atoms with E-state index in [1.54, 1.807) is 9.58 Å². The zero-order chi connectivity index (χ0) is 23.0. The topological polar surface area (TPSA) is 80.1 Å². The van der Waals surface area contributed by atoms with Gasteiger partial charge in [-0.05, 0) is 37.0 Å². The van der Waals surface area contributed by atoms with Gasteiger partial charge in [0.15, 0.2) is 0 Å². The Kier molecular flexibility index (Phi) is 7.70. The fourth-order valence-corrected chi connectivity index (χ4v) is 4.61. The molecule has 1 atom stereocenters. The average Bonchev–Trinajstić information content (AvgIpc) is 3.25. The van der Waals surface area contributed by atoms with Crippen LogP contribution in [-0.4, -0.2) is 44.3 Å². The van der Waals surface area contributed by atoms with Crippen LogP contribution in [0.4, 0.5) is 0 Å². The standard InChI is InChI=1S/C26H33N5O2/c1-2-3-18-30(24(32)19-31-23-17-11-10-16-22(23)28-29-31)25(20-12-6-4-7-13-20)26(33)27-21-14-8-5-9-15-21/h4,6-7,10-13,16-17,21,25H,2-3,5,8-9,14-15,18-19H2,1H3,(H,27,33). The van der Waals surface area contributed by atoms with Crippen molar-refractivity contribution >= 4 is 22.8 Å². The average molecular weight is 448 g/mol. The summed E-state index contributed by atoms with van der Waals surface area (Å²) in [4.78, 5) is 29.0. The van der Waals surface area contributed by atoms with E-state index in [2.05, 4.69) is 22.6 Å². The molecule has 4 rings (SSSR count). The van der Waals surface area contributed by atoms with Crippen molar-refractivity contribution in [1.82, 2.24) is 25.2 Å². The molecule has 0 bridgehead atoms. The number of nitrogens with one attached hydrogen (secondary N) is 1. The minimum Gasteiger partial charge on any atom is -0.351 e. The zero-order valence-corrected chi connectivity index (χ0v) is 19.3. The molecule has 2 amide bonds. The summed E-state index contributed by atoms with van der Waals surface area (Å²) in [5.41, 5.74) is 2.39. The zero-order valence-electron chi connectivity index (χ0n) is 19.3. The van der Waals surface area contributed by atoms with Crippen molar-refractivity contribution in [2.75, 3.05) is 6.54 Å². The smallest absolute Gasteiger partial charge is 0.247 e. The monoisotopic (exact) mass is 447 g/mol. The Morgan fingerprint density at radius 1 is 1.06 bits per heavy atom. The van der Waals surface area contributed by atoms with Gasteiger partial charge >= 0.3 is 0 Å². The quantitative estimate of drug-likeness (QED) is 0.532. The largest absolute Gasteiger partial charge is 0.351 e. The van der Waals surface area contributed by atoms with Crippen molar-refractivity contribution in [3.05, 3.63) is 60.2 Å². The molecule has 33 heavy (non-hydrogen) atoms. The third kappa shape index (κ3) is 5.59. The van der Waals surface area contributed by atoms with Gasteiger partial charge in [-0.1, -0.05) is 80.3 Å². The molecule has 1 aromatic heterocycles. The maximum absolute atomic E-state index is 13.6. The van der Waals surface area contributed by atoms with Crippen molar-refractivity contribution in [3.8, 4) is 0 Å². The van der Waals surface area contributed by atoms with Gasteiger partial charge < -0.3 is 10.2 Å². The Morgan fingerprint density at radius 3 is 2.55 bits per heavy atom. The number of para-hydroxylation sites is 1. The lowest BCUT2D eigenvalue weighted by Crippen LogP contribution is -2.48. The summed E-state index contributed by atoms with van der Waals surface area (Å²) in [6, 6.07) is 16.7. The van der Waals surface area contributed by atoms with Gasteiger partial charge in [0.2, 0.25) is 11.8 Å². The van der Waals surface area contributed by atoms with Crippen LogP contribution in [0.5, 0.6) is 0 Å². The summed E-state index contributed by atoms with van der Waals surface area (Å²) < 4.78 is 1.62. The predicted octanol–water partition coefficient (Wildman–Crippen LogP) is 4.25. The molecule has 2 aromatic carbocycles. The molecule has 0 radical (unpaired) electrons. The van der Waals surface area contributed by atoms with Gasteiger partial charge in [0, 0.05) is 12.6 Å². The van der Waals surface area contributed by atoms with Crippen molar-refractivity contribution in [3.63, 3.8) is 0 Å². The SMILES string of the molecule is CCCCN(C(=O)Cn1nnc2ccccc21)C(C(=O)NC1CCCCC1)c1ccccc1. The lowest BCUT2D eigenvalue weighted by Gasteiger charge is -2.33. The van der Waals surface area contributed by atoms with Crippen molar-refractivity contribution in [2.24, 2.45) is 0 Å². The third-order valence-electron chi connectivity index (χ3n) is 6.41. The molecule has 7 nitrogen and oxygen atoms in total. The highest BCUT2D eigenvalue weighted by molar-refractivity contribution is 5.89. The molecule has 1 fully saturated rings. The molecule has 1 aliphatic carbocycles. The number of rotatable bonds is 9. The molecule has 1 heterocycles. The number of nitrogens with zero attached hydrogens (tertiary/aromatic N) is 4. The van der Waals surface area contributed by atoms with Crippen LogP contribution in [-0.2, 0) is 16.1 Å². The number of carbonyl (C=O) groups is 2. The highest BCUT2D eigenvalue weighted by Crippen LogP contribution is 2.25. The third-order valence-corrected chi connectivity index (χ3v) is 6.41. The number of benzene rings is 2. The summed E-state index contributed by atoms with van der Waals surface area (Å²) in [6.07, 6.45) is 7.26. The van der Waals surface area contributed by atoms with E-state index in [0.717, 1.165) is 55.1 Å². The van der Waals surface area contributed by atoms with E-state index in [0.29, 0.717) is 6.54 Å². The first kappa shape index (κ1) is 23.0. The maximum Gasteiger partial charge on any atom is 0.247 e. The molecule has 0 spiro atoms. The molecule has 174 valence electrons. The minimum atomic E-state index is -0.665. The first-order chi connectivity index (χ1) is 16.2. The first-order valence-corrected chi connectivity index (χ1v) is 12.1. The molecule has 1 N–H and O–H groups in total. The number of hydrogen-bond acceptors (Lipinski definition) is 4. The van der Waals surface area contributed by atoms with Gasteiger partial charge in [-0.3, -0.25) is 9.59 Å². The van der Waals surface area contributed by atoms with E-state index in [4.69, 9.17) is 0 Å². The van der Waals surface area contributed by atoms with Crippen LogP contribution in [0.3, 0.4) is 0 Å². The van der Waals surface area contributed by atoms with Gasteiger partial charge in [0.05, 0.1) is 5.52 Å². The van der Waals surface area contributed by atoms with E-state index in [-0.39, 0.29) is 24.4 Å². The Labute approximate surface area is 195 Å². The highest BCUT2D eigenvalue weighted by Gasteiger charge is 2.32. The van der Waals surface area contributed by atoms with E-state index < -0.39 is 6.04 Å². The van der Waals surface area contributed by atoms with Gasteiger partial charge in [0.1, 0.15) is 18.1 Å². The summed E-state index contributed by atoms with van der Waals surface area (Å²) in [5, 5.41) is 11.6. The maximum atomic E-state index is 13.6. The molecule has 7 heteroatoms. The lowest BCUT2D eigenvalue weighted by atomic mass is 9.94. The van der Waals surface area contributed by atoms with Crippen molar-refractivity contribution in [2.45, 2.75) is 70.5 Å². The fourth-order valence-electron chi connectivity index (χ4n) is 4.61. The predicted molar refractivity (Wildman–Crippen MR) is 128 cm³/mol. The molecular weight excluding hydrogens is 414 g/mol. The van der Waals surface area contributed by atoms with E-state index in [1.165, 1.54) is 6.42 Å². The summed E-state index contributed by atoms with van der Waals surface area (Å²) >= 11 is 0. The Balaban J connectivity index is 1.62. The van der Waals surface area contributed by atoms with Crippen molar-refractivity contribution < 1.29 is 9.59 Å². The second kappa shape index (κ2) is 11.1. The summed E-state index contributed by atoms with van der Waals surface area (Å²) in [7, 11) is 0. The molecule has 1 unspecified atom stereocenters. The molecule has 1 saturated carbocycles. The Bertz CT molecular complexity index is 1060. The minimum absolute atomic E-state index is 0.0459. The van der Waals surface area contributed by atoms with Crippen LogP contribution < -0.4 is 5.32 Å². The normalized spacial score (nSPS) is 15.3. The number of fused-ring (bicyclic) bond motifs is 1. The fraction of sp³-hybridized carbons (Fsp3) is 0.462. The lowest BCUT2D eigenvalue weighted by molar-refractivity contribution is -0.142. The van der Waals surface area contributed by atoms with Gasteiger partial charge in [-0.25, -0.2) is 4.68 Å². The second-order valence-electron chi connectivity index (χ2n) is 8.83. The van der Waals surface area contributed by atoms with E-state index in [9.17, 15) is 9.59 Å². The number of carbonyl (C=O) groups excluding carboxylic acids is 2. The molecule has 1 aliphatic rings. The molecule has 0 aliphatic heterocycles. The Morgan fingerprint density at radius 2 is 1.79 bits per heavy atom.